The molecule has 3 nitrogen and oxygen atoms in total. The van der Waals surface area contributed by atoms with Crippen molar-refractivity contribution in [3.8, 4) is 5.75 Å². The SMILES string of the molecule is Oc1c(C2=CC=CC=CC2)cc(Cl)c2ccnnc12. The third-order valence-electron chi connectivity index (χ3n) is 3.07. The summed E-state index contributed by atoms with van der Waals surface area (Å²) in [6.07, 6.45) is 12.2. The quantitative estimate of drug-likeness (QED) is 0.855. The van der Waals surface area contributed by atoms with E-state index in [1.165, 1.54) is 0 Å². The highest BCUT2D eigenvalue weighted by molar-refractivity contribution is 6.35. The van der Waals surface area contributed by atoms with Crippen LogP contribution in [-0.4, -0.2) is 15.3 Å². The molecule has 3 rings (SSSR count). The van der Waals surface area contributed by atoms with E-state index in [1.807, 2.05) is 30.4 Å². The molecule has 19 heavy (non-hydrogen) atoms. The molecule has 0 unspecified atom stereocenters. The van der Waals surface area contributed by atoms with Gasteiger partial charge in [-0.2, -0.15) is 5.10 Å². The number of aromatic hydroxyl groups is 1. The van der Waals surface area contributed by atoms with Crippen LogP contribution in [0.5, 0.6) is 5.75 Å². The molecule has 4 heteroatoms. The van der Waals surface area contributed by atoms with Crippen LogP contribution in [0.15, 0.2) is 48.7 Å². The van der Waals surface area contributed by atoms with E-state index in [9.17, 15) is 5.11 Å². The highest BCUT2D eigenvalue weighted by Crippen LogP contribution is 2.37. The summed E-state index contributed by atoms with van der Waals surface area (Å²) in [4.78, 5) is 0. The van der Waals surface area contributed by atoms with Crippen LogP contribution in [0.2, 0.25) is 5.02 Å². The number of phenolic OH excluding ortho intramolecular Hbond substituents is 1. The Kier molecular flexibility index (Phi) is 3.05. The highest BCUT2D eigenvalue weighted by atomic mass is 35.5. The van der Waals surface area contributed by atoms with Gasteiger partial charge in [-0.25, -0.2) is 0 Å². The largest absolute Gasteiger partial charge is 0.505 e. The number of hydrogen-bond acceptors (Lipinski definition) is 3. The average Bonchev–Trinajstić information content (AvgIpc) is 2.72. The third-order valence-corrected chi connectivity index (χ3v) is 3.38. The molecule has 1 aromatic heterocycles. The minimum Gasteiger partial charge on any atom is -0.505 e. The van der Waals surface area contributed by atoms with Gasteiger partial charge in [0.15, 0.2) is 5.75 Å². The Hall–Kier alpha value is -2.13. The zero-order valence-electron chi connectivity index (χ0n) is 10.0. The van der Waals surface area contributed by atoms with Crippen molar-refractivity contribution in [2.24, 2.45) is 0 Å². The van der Waals surface area contributed by atoms with Crippen molar-refractivity contribution in [1.82, 2.24) is 10.2 Å². The minimum atomic E-state index is 0.127. The molecule has 0 saturated heterocycles. The summed E-state index contributed by atoms with van der Waals surface area (Å²) in [6, 6.07) is 3.52. The zero-order valence-corrected chi connectivity index (χ0v) is 10.8. The summed E-state index contributed by atoms with van der Waals surface area (Å²) in [5.41, 5.74) is 2.13. The van der Waals surface area contributed by atoms with Gasteiger partial charge in [-0.1, -0.05) is 42.0 Å². The molecule has 0 aliphatic heterocycles. The molecular formula is C15H11ClN2O. The molecule has 1 heterocycles. The molecule has 0 saturated carbocycles. The lowest BCUT2D eigenvalue weighted by molar-refractivity contribution is 0.478. The fraction of sp³-hybridized carbons (Fsp3) is 0.0667. The first kappa shape index (κ1) is 11.9. The van der Waals surface area contributed by atoms with Crippen LogP contribution >= 0.6 is 11.6 Å². The molecule has 0 spiro atoms. The maximum atomic E-state index is 10.4. The molecule has 0 bridgehead atoms. The molecule has 0 radical (unpaired) electrons. The van der Waals surface area contributed by atoms with Gasteiger partial charge in [0.2, 0.25) is 0 Å². The summed E-state index contributed by atoms with van der Waals surface area (Å²) in [5.74, 6) is 0.127. The van der Waals surface area contributed by atoms with E-state index >= 15 is 0 Å². The van der Waals surface area contributed by atoms with Crippen molar-refractivity contribution in [2.45, 2.75) is 6.42 Å². The lowest BCUT2D eigenvalue weighted by Gasteiger charge is -2.10. The van der Waals surface area contributed by atoms with Crippen LogP contribution in [-0.2, 0) is 0 Å². The van der Waals surface area contributed by atoms with Crippen molar-refractivity contribution >= 4 is 28.1 Å². The summed E-state index contributed by atoms with van der Waals surface area (Å²) in [5, 5.41) is 19.4. The molecule has 1 aromatic carbocycles. The van der Waals surface area contributed by atoms with E-state index < -0.39 is 0 Å². The Labute approximate surface area is 115 Å². The van der Waals surface area contributed by atoms with Crippen LogP contribution in [0.1, 0.15) is 12.0 Å². The number of hydrogen-bond donors (Lipinski definition) is 1. The Morgan fingerprint density at radius 2 is 2.11 bits per heavy atom. The summed E-state index contributed by atoms with van der Waals surface area (Å²) in [6.45, 7) is 0. The third kappa shape index (κ3) is 2.13. The van der Waals surface area contributed by atoms with Crippen molar-refractivity contribution in [3.05, 3.63) is 59.3 Å². The van der Waals surface area contributed by atoms with E-state index in [-0.39, 0.29) is 5.75 Å². The highest BCUT2D eigenvalue weighted by Gasteiger charge is 2.14. The Bertz CT molecular complexity index is 732. The van der Waals surface area contributed by atoms with Crippen molar-refractivity contribution in [3.63, 3.8) is 0 Å². The second-order valence-corrected chi connectivity index (χ2v) is 4.66. The van der Waals surface area contributed by atoms with E-state index in [2.05, 4.69) is 10.2 Å². The Morgan fingerprint density at radius 3 is 3.00 bits per heavy atom. The van der Waals surface area contributed by atoms with Crippen LogP contribution in [0.4, 0.5) is 0 Å². The molecule has 0 atom stereocenters. The first-order valence-corrected chi connectivity index (χ1v) is 6.31. The number of halogens is 1. The first-order chi connectivity index (χ1) is 9.27. The second-order valence-electron chi connectivity index (χ2n) is 4.26. The van der Waals surface area contributed by atoms with E-state index in [0.29, 0.717) is 21.5 Å². The van der Waals surface area contributed by atoms with Crippen molar-refractivity contribution in [2.75, 3.05) is 0 Å². The number of benzene rings is 1. The van der Waals surface area contributed by atoms with E-state index in [4.69, 9.17) is 11.6 Å². The predicted molar refractivity (Wildman–Crippen MR) is 77.1 cm³/mol. The minimum absolute atomic E-state index is 0.127. The smallest absolute Gasteiger partial charge is 0.151 e. The van der Waals surface area contributed by atoms with Gasteiger partial charge in [0, 0.05) is 10.9 Å². The van der Waals surface area contributed by atoms with Crippen molar-refractivity contribution in [1.29, 1.82) is 0 Å². The molecule has 1 N–H and O–H groups in total. The zero-order chi connectivity index (χ0) is 13.2. The molecule has 0 amide bonds. The maximum Gasteiger partial charge on any atom is 0.151 e. The maximum absolute atomic E-state index is 10.4. The number of phenols is 1. The standard InChI is InChI=1S/C15H11ClN2O/c16-13-9-12(10-5-3-1-2-4-6-10)15(19)14-11(13)7-8-17-18-14/h1-5,7-9,19H,6H2. The van der Waals surface area contributed by atoms with Crippen LogP contribution < -0.4 is 0 Å². The van der Waals surface area contributed by atoms with E-state index in [0.717, 1.165) is 12.0 Å². The molecule has 1 aliphatic carbocycles. The van der Waals surface area contributed by atoms with Crippen molar-refractivity contribution < 1.29 is 5.11 Å². The van der Waals surface area contributed by atoms with Gasteiger partial charge in [-0.3, -0.25) is 0 Å². The number of nitrogens with zero attached hydrogens (tertiary/aromatic N) is 2. The lowest BCUT2D eigenvalue weighted by Crippen LogP contribution is -1.90. The second kappa shape index (κ2) is 4.86. The number of aromatic nitrogens is 2. The summed E-state index contributed by atoms with van der Waals surface area (Å²) in [7, 11) is 0. The number of fused-ring (bicyclic) bond motifs is 1. The normalized spacial score (nSPS) is 14.5. The molecule has 2 aromatic rings. The fourth-order valence-corrected chi connectivity index (χ4v) is 2.38. The monoisotopic (exact) mass is 270 g/mol. The topological polar surface area (TPSA) is 46.0 Å². The Balaban J connectivity index is 2.25. The molecule has 94 valence electrons. The van der Waals surface area contributed by atoms with Gasteiger partial charge in [0.25, 0.3) is 0 Å². The van der Waals surface area contributed by atoms with Gasteiger partial charge >= 0.3 is 0 Å². The predicted octanol–water partition coefficient (Wildman–Crippen LogP) is 3.89. The summed E-state index contributed by atoms with van der Waals surface area (Å²) < 4.78 is 0. The van der Waals surface area contributed by atoms with Crippen LogP contribution in [0.25, 0.3) is 16.5 Å². The number of rotatable bonds is 1. The molecule has 1 aliphatic rings. The average molecular weight is 271 g/mol. The van der Waals surface area contributed by atoms with Gasteiger partial charge in [0.1, 0.15) is 5.52 Å². The van der Waals surface area contributed by atoms with Gasteiger partial charge in [0.05, 0.1) is 11.2 Å². The fourth-order valence-electron chi connectivity index (χ4n) is 2.12. The summed E-state index contributed by atoms with van der Waals surface area (Å²) >= 11 is 6.25. The number of allylic oxidation sites excluding steroid dienone is 6. The van der Waals surface area contributed by atoms with E-state index in [1.54, 1.807) is 18.3 Å². The molecular weight excluding hydrogens is 260 g/mol. The van der Waals surface area contributed by atoms with Gasteiger partial charge in [-0.05, 0) is 24.1 Å². The van der Waals surface area contributed by atoms with Crippen LogP contribution in [0, 0.1) is 0 Å². The Morgan fingerprint density at radius 1 is 1.21 bits per heavy atom. The van der Waals surface area contributed by atoms with Gasteiger partial charge < -0.3 is 5.11 Å². The van der Waals surface area contributed by atoms with Crippen LogP contribution in [0.3, 0.4) is 0 Å². The lowest BCUT2D eigenvalue weighted by atomic mass is 9.99. The first-order valence-electron chi connectivity index (χ1n) is 5.93. The van der Waals surface area contributed by atoms with Gasteiger partial charge in [-0.15, -0.1) is 5.10 Å². The molecule has 0 fully saturated rings.